The summed E-state index contributed by atoms with van der Waals surface area (Å²) in [5.74, 6) is -1.63. The largest absolute Gasteiger partial charge is 0.444 e. The van der Waals surface area contributed by atoms with Crippen molar-refractivity contribution < 1.29 is 13.9 Å². The third kappa shape index (κ3) is 2.76. The fourth-order valence-corrected chi connectivity index (χ4v) is 0.822. The summed E-state index contributed by atoms with van der Waals surface area (Å²) in [5, 5.41) is 0. The Kier molecular flexibility index (Phi) is 3.37. The van der Waals surface area contributed by atoms with Gasteiger partial charge in [-0.25, -0.2) is 4.79 Å². The molecule has 0 atom stereocenters. The van der Waals surface area contributed by atoms with Crippen LogP contribution >= 0.6 is 0 Å². The molecule has 0 unspecified atom stereocenters. The van der Waals surface area contributed by atoms with Gasteiger partial charge in [-0.3, -0.25) is 19.1 Å². The van der Waals surface area contributed by atoms with Crippen LogP contribution in [0.15, 0.2) is 15.8 Å². The first-order chi connectivity index (χ1) is 7.04. The molecule has 0 radical (unpaired) electrons. The van der Waals surface area contributed by atoms with E-state index in [2.05, 4.69) is 4.74 Å². The van der Waals surface area contributed by atoms with Crippen molar-refractivity contribution in [3.63, 3.8) is 0 Å². The highest BCUT2D eigenvalue weighted by molar-refractivity contribution is 5.68. The molecule has 0 spiro atoms. The van der Waals surface area contributed by atoms with Gasteiger partial charge in [0, 0.05) is 6.42 Å². The van der Waals surface area contributed by atoms with E-state index in [4.69, 9.17) is 0 Å². The van der Waals surface area contributed by atoms with Crippen LogP contribution in [0.4, 0.5) is 4.39 Å². The van der Waals surface area contributed by atoms with Crippen molar-refractivity contribution in [2.45, 2.75) is 20.1 Å². The Labute approximate surface area is 83.3 Å². The van der Waals surface area contributed by atoms with E-state index in [1.165, 1.54) is 0 Å². The number of nitrogens with zero attached hydrogens (tertiary/aromatic N) is 1. The molecule has 0 aliphatic carbocycles. The number of hydrogen-bond donors (Lipinski definition) is 1. The zero-order valence-corrected chi connectivity index (χ0v) is 7.95. The first-order valence-electron chi connectivity index (χ1n) is 4.19. The predicted octanol–water partition coefficient (Wildman–Crippen LogP) is -0.414. The van der Waals surface area contributed by atoms with Gasteiger partial charge in [0.05, 0.1) is 6.20 Å². The number of esters is 1. The van der Waals surface area contributed by atoms with Gasteiger partial charge in [-0.15, -0.1) is 0 Å². The lowest BCUT2D eigenvalue weighted by atomic mass is 10.5. The van der Waals surface area contributed by atoms with E-state index >= 15 is 0 Å². The van der Waals surface area contributed by atoms with E-state index in [1.54, 1.807) is 11.9 Å². The zero-order valence-electron chi connectivity index (χ0n) is 7.95. The molecule has 82 valence electrons. The number of carbonyl (C=O) groups excluding carboxylic acids is 1. The normalized spacial score (nSPS) is 10.0. The van der Waals surface area contributed by atoms with Gasteiger partial charge in [-0.2, -0.15) is 4.39 Å². The monoisotopic (exact) mass is 216 g/mol. The minimum absolute atomic E-state index is 0.153. The molecule has 0 saturated carbocycles. The lowest BCUT2D eigenvalue weighted by molar-refractivity contribution is -0.147. The smallest absolute Gasteiger partial charge is 0.331 e. The predicted molar refractivity (Wildman–Crippen MR) is 47.7 cm³/mol. The summed E-state index contributed by atoms with van der Waals surface area (Å²) in [6.07, 6.45) is 0.838. The van der Waals surface area contributed by atoms with Crippen molar-refractivity contribution in [1.82, 2.24) is 9.55 Å². The Morgan fingerprint density at radius 1 is 1.60 bits per heavy atom. The highest BCUT2D eigenvalue weighted by Gasteiger charge is 2.05. The minimum atomic E-state index is -1.11. The summed E-state index contributed by atoms with van der Waals surface area (Å²) in [6.45, 7) is 1.16. The van der Waals surface area contributed by atoms with Crippen LogP contribution < -0.4 is 11.2 Å². The number of H-pyrrole nitrogens is 1. The second kappa shape index (κ2) is 4.54. The van der Waals surface area contributed by atoms with Crippen LogP contribution in [-0.2, 0) is 16.3 Å². The summed E-state index contributed by atoms with van der Waals surface area (Å²) in [4.78, 5) is 34.2. The van der Waals surface area contributed by atoms with Gasteiger partial charge in [0.2, 0.25) is 5.82 Å². The first kappa shape index (κ1) is 11.2. The molecular weight excluding hydrogens is 207 g/mol. The quantitative estimate of drug-likeness (QED) is 0.696. The Morgan fingerprint density at radius 2 is 2.27 bits per heavy atom. The van der Waals surface area contributed by atoms with E-state index < -0.39 is 29.8 Å². The van der Waals surface area contributed by atoms with Crippen molar-refractivity contribution >= 4 is 5.97 Å². The van der Waals surface area contributed by atoms with Gasteiger partial charge in [0.15, 0.2) is 6.73 Å². The molecule has 15 heavy (non-hydrogen) atoms. The number of halogens is 1. The van der Waals surface area contributed by atoms with E-state index in [0.717, 1.165) is 4.57 Å². The molecule has 1 aromatic rings. The second-order valence-electron chi connectivity index (χ2n) is 2.71. The van der Waals surface area contributed by atoms with Gasteiger partial charge in [0.1, 0.15) is 0 Å². The van der Waals surface area contributed by atoms with Gasteiger partial charge < -0.3 is 4.74 Å². The molecule has 0 amide bonds. The lowest BCUT2D eigenvalue weighted by Crippen LogP contribution is -2.32. The van der Waals surface area contributed by atoms with Crippen LogP contribution in [-0.4, -0.2) is 15.5 Å². The molecule has 0 bridgehead atoms. The molecule has 1 aromatic heterocycles. The standard InChI is InChI=1S/C8H9FN2O4/c1-2-6(12)15-4-11-3-5(9)7(13)10-8(11)14/h3H,2,4H2,1H3,(H,10,13,14). The number of hydrogen-bond acceptors (Lipinski definition) is 4. The maximum Gasteiger partial charge on any atom is 0.331 e. The zero-order chi connectivity index (χ0) is 11.4. The average molecular weight is 216 g/mol. The van der Waals surface area contributed by atoms with Crippen LogP contribution in [0.2, 0.25) is 0 Å². The average Bonchev–Trinajstić information content (AvgIpc) is 2.21. The first-order valence-corrected chi connectivity index (χ1v) is 4.19. The van der Waals surface area contributed by atoms with Gasteiger partial charge in [-0.1, -0.05) is 6.92 Å². The fraction of sp³-hybridized carbons (Fsp3) is 0.375. The van der Waals surface area contributed by atoms with E-state index in [1.807, 2.05) is 0 Å². The molecule has 6 nitrogen and oxygen atoms in total. The fourth-order valence-electron chi connectivity index (χ4n) is 0.822. The number of aromatic nitrogens is 2. The molecule has 0 saturated heterocycles. The third-order valence-electron chi connectivity index (χ3n) is 1.62. The molecule has 0 fully saturated rings. The van der Waals surface area contributed by atoms with Crippen LogP contribution in [0.5, 0.6) is 0 Å². The summed E-state index contributed by atoms with van der Waals surface area (Å²) >= 11 is 0. The number of rotatable bonds is 3. The second-order valence-corrected chi connectivity index (χ2v) is 2.71. The third-order valence-corrected chi connectivity index (χ3v) is 1.62. The van der Waals surface area contributed by atoms with Gasteiger partial charge in [0.25, 0.3) is 5.56 Å². The highest BCUT2D eigenvalue weighted by atomic mass is 19.1. The van der Waals surface area contributed by atoms with Crippen LogP contribution in [0.1, 0.15) is 13.3 Å². The molecule has 0 aliphatic heterocycles. The topological polar surface area (TPSA) is 81.2 Å². The van der Waals surface area contributed by atoms with Crippen molar-refractivity contribution in [3.8, 4) is 0 Å². The van der Waals surface area contributed by atoms with Crippen LogP contribution in [0.3, 0.4) is 0 Å². The summed E-state index contributed by atoms with van der Waals surface area (Å²) in [6, 6.07) is 0. The lowest BCUT2D eigenvalue weighted by Gasteiger charge is -2.05. The molecule has 7 heteroatoms. The molecule has 1 heterocycles. The number of aromatic amines is 1. The molecular formula is C8H9FN2O4. The van der Waals surface area contributed by atoms with E-state index in [-0.39, 0.29) is 6.42 Å². The summed E-state index contributed by atoms with van der Waals surface area (Å²) in [5.41, 5.74) is -1.93. The highest BCUT2D eigenvalue weighted by Crippen LogP contribution is 1.89. The van der Waals surface area contributed by atoms with Crippen molar-refractivity contribution in [2.24, 2.45) is 0 Å². The van der Waals surface area contributed by atoms with Crippen molar-refractivity contribution in [2.75, 3.05) is 0 Å². The summed E-state index contributed by atoms with van der Waals surface area (Å²) < 4.78 is 18.1. The number of ether oxygens (including phenoxy) is 1. The Balaban J connectivity index is 2.87. The molecule has 1 N–H and O–H groups in total. The molecule has 0 aliphatic rings. The molecule has 0 aromatic carbocycles. The SMILES string of the molecule is CCC(=O)OCn1cc(F)c(=O)[nH]c1=O. The van der Waals surface area contributed by atoms with Crippen LogP contribution in [0.25, 0.3) is 0 Å². The van der Waals surface area contributed by atoms with Gasteiger partial charge in [-0.05, 0) is 0 Å². The Hall–Kier alpha value is -1.92. The maximum absolute atomic E-state index is 12.7. The number of carbonyl (C=O) groups is 1. The van der Waals surface area contributed by atoms with Crippen LogP contribution in [0, 0.1) is 5.82 Å². The van der Waals surface area contributed by atoms with Crippen molar-refractivity contribution in [3.05, 3.63) is 32.9 Å². The number of nitrogens with one attached hydrogen (secondary N) is 1. The maximum atomic E-state index is 12.7. The summed E-state index contributed by atoms with van der Waals surface area (Å²) in [7, 11) is 0. The Morgan fingerprint density at radius 3 is 2.87 bits per heavy atom. The molecule has 1 rings (SSSR count). The van der Waals surface area contributed by atoms with Crippen molar-refractivity contribution in [1.29, 1.82) is 0 Å². The Bertz CT molecular complexity index is 476. The van der Waals surface area contributed by atoms with E-state index in [9.17, 15) is 18.8 Å². The van der Waals surface area contributed by atoms with Gasteiger partial charge >= 0.3 is 11.7 Å². The van der Waals surface area contributed by atoms with E-state index in [0.29, 0.717) is 6.20 Å². The minimum Gasteiger partial charge on any atom is -0.444 e.